The van der Waals surface area contributed by atoms with Crippen LogP contribution >= 0.6 is 0 Å². The largest absolute Gasteiger partial charge is 0.338 e. The average Bonchev–Trinajstić information content (AvgIpc) is 2.92. The number of nitrogens with zero attached hydrogens (tertiary/aromatic N) is 3. The first kappa shape index (κ1) is 15.2. The molecule has 3 rings (SSSR count). The minimum absolute atomic E-state index is 0.249. The Morgan fingerprint density at radius 3 is 2.91 bits per heavy atom. The van der Waals surface area contributed by atoms with Crippen LogP contribution in [-0.4, -0.2) is 26.5 Å². The molecular formula is C17H19N5O. The third-order valence-electron chi connectivity index (χ3n) is 3.77. The third kappa shape index (κ3) is 3.37. The Hall–Kier alpha value is -2.73. The number of hydrogen-bond acceptors (Lipinski definition) is 4. The highest BCUT2D eigenvalue weighted by atomic mass is 16.2. The Morgan fingerprint density at radius 1 is 1.35 bits per heavy atom. The van der Waals surface area contributed by atoms with Gasteiger partial charge in [-0.3, -0.25) is 9.78 Å². The van der Waals surface area contributed by atoms with Crippen molar-refractivity contribution in [1.29, 1.82) is 0 Å². The van der Waals surface area contributed by atoms with E-state index in [-0.39, 0.29) is 5.91 Å². The van der Waals surface area contributed by atoms with Gasteiger partial charge in [-0.15, -0.1) is 0 Å². The number of anilines is 1. The molecule has 118 valence electrons. The second kappa shape index (κ2) is 6.18. The van der Waals surface area contributed by atoms with Crippen LogP contribution in [0.2, 0.25) is 0 Å². The van der Waals surface area contributed by atoms with E-state index in [4.69, 9.17) is 5.73 Å². The van der Waals surface area contributed by atoms with Gasteiger partial charge in [0, 0.05) is 31.2 Å². The lowest BCUT2D eigenvalue weighted by atomic mass is 10.1. The summed E-state index contributed by atoms with van der Waals surface area (Å²) in [4.78, 5) is 20.8. The van der Waals surface area contributed by atoms with Crippen molar-refractivity contribution >= 4 is 22.5 Å². The lowest BCUT2D eigenvalue weighted by molar-refractivity contribution is -0.117. The fraction of sp³-hybridized carbons (Fsp3) is 0.235. The van der Waals surface area contributed by atoms with Crippen LogP contribution in [0.25, 0.3) is 10.9 Å². The second-order valence-electron chi connectivity index (χ2n) is 5.67. The number of pyridine rings is 1. The predicted octanol–water partition coefficient (Wildman–Crippen LogP) is 1.79. The van der Waals surface area contributed by atoms with Crippen LogP contribution < -0.4 is 11.1 Å². The van der Waals surface area contributed by atoms with Gasteiger partial charge in [-0.25, -0.2) is 4.98 Å². The van der Waals surface area contributed by atoms with Gasteiger partial charge in [-0.05, 0) is 24.6 Å². The molecule has 0 saturated carbocycles. The number of benzene rings is 1. The summed E-state index contributed by atoms with van der Waals surface area (Å²) in [6.07, 6.45) is 5.55. The maximum Gasteiger partial charge on any atom is 0.241 e. The monoisotopic (exact) mass is 309 g/mol. The van der Waals surface area contributed by atoms with Crippen LogP contribution in [0.1, 0.15) is 11.4 Å². The molecule has 0 bridgehead atoms. The summed E-state index contributed by atoms with van der Waals surface area (Å²) in [6, 6.07) is 7.25. The summed E-state index contributed by atoms with van der Waals surface area (Å²) in [5.41, 5.74) is 8.67. The van der Waals surface area contributed by atoms with Gasteiger partial charge >= 0.3 is 0 Å². The Kier molecular flexibility index (Phi) is 4.08. The molecule has 0 spiro atoms. The molecule has 2 heterocycles. The van der Waals surface area contributed by atoms with Crippen molar-refractivity contribution in [3.63, 3.8) is 0 Å². The first-order chi connectivity index (χ1) is 11.0. The summed E-state index contributed by atoms with van der Waals surface area (Å²) < 4.78 is 1.85. The van der Waals surface area contributed by atoms with E-state index in [0.717, 1.165) is 22.3 Å². The van der Waals surface area contributed by atoms with Crippen LogP contribution in [0.15, 0.2) is 42.9 Å². The molecule has 1 aromatic carbocycles. The van der Waals surface area contributed by atoms with Gasteiger partial charge in [0.15, 0.2) is 0 Å². The van der Waals surface area contributed by atoms with Gasteiger partial charge < -0.3 is 15.6 Å². The van der Waals surface area contributed by atoms with E-state index in [1.54, 1.807) is 12.4 Å². The molecule has 6 heteroatoms. The van der Waals surface area contributed by atoms with Gasteiger partial charge in [0.25, 0.3) is 0 Å². The summed E-state index contributed by atoms with van der Waals surface area (Å²) >= 11 is 0. The highest BCUT2D eigenvalue weighted by Crippen LogP contribution is 2.18. The molecule has 3 N–H and O–H groups in total. The number of nitrogens with one attached hydrogen (secondary N) is 1. The molecule has 1 amide bonds. The van der Waals surface area contributed by atoms with E-state index in [0.29, 0.717) is 12.1 Å². The fourth-order valence-electron chi connectivity index (χ4n) is 2.42. The first-order valence-electron chi connectivity index (χ1n) is 7.42. The molecule has 6 nitrogen and oxygen atoms in total. The van der Waals surface area contributed by atoms with Crippen molar-refractivity contribution in [2.75, 3.05) is 5.32 Å². The molecule has 0 aliphatic rings. The molecular weight excluding hydrogens is 290 g/mol. The minimum Gasteiger partial charge on any atom is -0.338 e. The quantitative estimate of drug-likeness (QED) is 0.769. The Balaban J connectivity index is 1.72. The Labute approximate surface area is 134 Å². The van der Waals surface area contributed by atoms with Crippen molar-refractivity contribution in [3.8, 4) is 0 Å². The van der Waals surface area contributed by atoms with E-state index in [1.807, 2.05) is 49.0 Å². The van der Waals surface area contributed by atoms with Crippen molar-refractivity contribution in [2.24, 2.45) is 12.8 Å². The number of nitrogens with two attached hydrogens (primary N) is 1. The number of amides is 1. The average molecular weight is 309 g/mol. The molecule has 0 radical (unpaired) electrons. The van der Waals surface area contributed by atoms with E-state index in [9.17, 15) is 4.79 Å². The zero-order valence-corrected chi connectivity index (χ0v) is 13.2. The lowest BCUT2D eigenvalue weighted by Crippen LogP contribution is -2.38. The molecule has 0 aliphatic heterocycles. The van der Waals surface area contributed by atoms with Crippen LogP contribution in [0.4, 0.5) is 5.69 Å². The first-order valence-corrected chi connectivity index (χ1v) is 7.42. The van der Waals surface area contributed by atoms with Gasteiger partial charge in [0.05, 0.1) is 23.4 Å². The van der Waals surface area contributed by atoms with E-state index >= 15 is 0 Å². The lowest BCUT2D eigenvalue weighted by Gasteiger charge is -2.12. The van der Waals surface area contributed by atoms with Crippen LogP contribution in [-0.2, 0) is 18.3 Å². The van der Waals surface area contributed by atoms with E-state index in [1.165, 1.54) is 0 Å². The van der Waals surface area contributed by atoms with Gasteiger partial charge in [-0.1, -0.05) is 12.1 Å². The number of fused-ring (bicyclic) bond motifs is 1. The molecule has 23 heavy (non-hydrogen) atoms. The van der Waals surface area contributed by atoms with Crippen LogP contribution in [0.5, 0.6) is 0 Å². The van der Waals surface area contributed by atoms with Crippen molar-refractivity contribution < 1.29 is 4.79 Å². The SMILES string of the molecule is Cc1ccc2cc(NC(=O)C(N)Cc3nccn3C)cnc2c1. The number of carbonyl (C=O) groups excluding carboxylic acids is 1. The van der Waals surface area contributed by atoms with Gasteiger partial charge in [0.1, 0.15) is 5.82 Å². The maximum atomic E-state index is 12.2. The third-order valence-corrected chi connectivity index (χ3v) is 3.77. The molecule has 1 atom stereocenters. The normalized spacial score (nSPS) is 12.3. The van der Waals surface area contributed by atoms with Gasteiger partial charge in [0.2, 0.25) is 5.91 Å². The molecule has 3 aromatic rings. The number of aromatic nitrogens is 3. The van der Waals surface area contributed by atoms with Crippen molar-refractivity contribution in [1.82, 2.24) is 14.5 Å². The minimum atomic E-state index is -0.662. The number of aryl methyl sites for hydroxylation is 2. The molecule has 2 aromatic heterocycles. The Morgan fingerprint density at radius 2 is 2.17 bits per heavy atom. The van der Waals surface area contributed by atoms with Gasteiger partial charge in [-0.2, -0.15) is 0 Å². The highest BCUT2D eigenvalue weighted by Gasteiger charge is 2.16. The molecule has 0 fully saturated rings. The number of hydrogen-bond donors (Lipinski definition) is 2. The summed E-state index contributed by atoms with van der Waals surface area (Å²) in [6.45, 7) is 2.02. The second-order valence-corrected chi connectivity index (χ2v) is 5.67. The molecule has 0 aliphatic carbocycles. The standard InChI is InChI=1S/C17H19N5O/c1-11-3-4-12-8-13(10-20-15(12)7-11)21-17(23)14(18)9-16-19-5-6-22(16)2/h3-8,10,14H,9,18H2,1-2H3,(H,21,23). The number of rotatable bonds is 4. The zero-order chi connectivity index (χ0) is 16.4. The van der Waals surface area contributed by atoms with E-state index < -0.39 is 6.04 Å². The van der Waals surface area contributed by atoms with Crippen LogP contribution in [0, 0.1) is 6.92 Å². The molecule has 0 saturated heterocycles. The summed E-state index contributed by atoms with van der Waals surface area (Å²) in [7, 11) is 1.88. The number of carbonyl (C=O) groups is 1. The smallest absolute Gasteiger partial charge is 0.241 e. The Bertz CT molecular complexity index is 855. The summed E-state index contributed by atoms with van der Waals surface area (Å²) in [5.74, 6) is 0.529. The highest BCUT2D eigenvalue weighted by molar-refractivity contribution is 5.96. The number of imidazole rings is 1. The van der Waals surface area contributed by atoms with E-state index in [2.05, 4.69) is 15.3 Å². The van der Waals surface area contributed by atoms with Crippen molar-refractivity contribution in [3.05, 3.63) is 54.2 Å². The fourth-order valence-corrected chi connectivity index (χ4v) is 2.42. The zero-order valence-electron chi connectivity index (χ0n) is 13.2. The summed E-state index contributed by atoms with van der Waals surface area (Å²) in [5, 5.41) is 3.79. The van der Waals surface area contributed by atoms with Crippen molar-refractivity contribution in [2.45, 2.75) is 19.4 Å². The topological polar surface area (TPSA) is 85.8 Å². The van der Waals surface area contributed by atoms with Crippen LogP contribution in [0.3, 0.4) is 0 Å². The maximum absolute atomic E-state index is 12.2. The predicted molar refractivity (Wildman–Crippen MR) is 90.0 cm³/mol. The molecule has 1 unspecified atom stereocenters.